The summed E-state index contributed by atoms with van der Waals surface area (Å²) in [5.74, 6) is -0.837. The van der Waals surface area contributed by atoms with Crippen molar-refractivity contribution in [3.8, 4) is 0 Å². The van der Waals surface area contributed by atoms with E-state index in [0.29, 0.717) is 44.5 Å². The summed E-state index contributed by atoms with van der Waals surface area (Å²) < 4.78 is 5.25. The van der Waals surface area contributed by atoms with Gasteiger partial charge in [0.2, 0.25) is 11.8 Å². The first-order valence-corrected chi connectivity index (χ1v) is 8.36. The van der Waals surface area contributed by atoms with Gasteiger partial charge in [-0.25, -0.2) is 0 Å². The molecule has 3 rings (SSSR count). The summed E-state index contributed by atoms with van der Waals surface area (Å²) in [5, 5.41) is 12.0. The Balaban J connectivity index is 1.48. The summed E-state index contributed by atoms with van der Waals surface area (Å²) in [4.78, 5) is 37.1. The number of carboxylic acid groups (broad SMARTS) is 1. The van der Waals surface area contributed by atoms with Crippen LogP contribution < -0.4 is 5.32 Å². The largest absolute Gasteiger partial charge is 0.481 e. The van der Waals surface area contributed by atoms with Crippen LogP contribution >= 0.6 is 0 Å². The van der Waals surface area contributed by atoms with Crippen LogP contribution in [0.25, 0.3) is 0 Å². The molecular weight excluding hydrogens is 312 g/mol. The molecule has 2 amide bonds. The molecule has 0 radical (unpaired) electrons. The molecule has 0 aromatic carbocycles. The van der Waals surface area contributed by atoms with E-state index in [1.54, 1.807) is 17.2 Å². The number of hydrogen-bond donors (Lipinski definition) is 2. The lowest BCUT2D eigenvalue weighted by Gasteiger charge is -2.27. The third-order valence-electron chi connectivity index (χ3n) is 4.93. The number of carboxylic acids is 1. The quantitative estimate of drug-likeness (QED) is 0.847. The summed E-state index contributed by atoms with van der Waals surface area (Å²) in [6.07, 6.45) is 4.33. The predicted octanol–water partition coefficient (Wildman–Crippen LogP) is 1.39. The van der Waals surface area contributed by atoms with Crippen molar-refractivity contribution >= 4 is 17.8 Å². The van der Waals surface area contributed by atoms with E-state index in [2.05, 4.69) is 5.32 Å². The van der Waals surface area contributed by atoms with Crippen molar-refractivity contribution in [3.05, 3.63) is 24.2 Å². The van der Waals surface area contributed by atoms with Crippen molar-refractivity contribution in [3.63, 3.8) is 0 Å². The highest BCUT2D eigenvalue weighted by Gasteiger charge is 2.36. The SMILES string of the molecule is O=C(O)C1CCC(NC(=O)[C@@H]2CC(=O)N(Cc3ccco3)C2)CC1. The average molecular weight is 334 g/mol. The number of rotatable bonds is 5. The van der Waals surface area contributed by atoms with E-state index in [0.717, 1.165) is 0 Å². The first kappa shape index (κ1) is 16.5. The van der Waals surface area contributed by atoms with Crippen molar-refractivity contribution in [1.29, 1.82) is 0 Å². The highest BCUT2D eigenvalue weighted by atomic mass is 16.4. The van der Waals surface area contributed by atoms with Gasteiger partial charge in [-0.05, 0) is 37.8 Å². The minimum absolute atomic E-state index is 0.0160. The van der Waals surface area contributed by atoms with Gasteiger partial charge in [-0.15, -0.1) is 0 Å². The van der Waals surface area contributed by atoms with Gasteiger partial charge in [0.05, 0.1) is 24.6 Å². The van der Waals surface area contributed by atoms with Crippen molar-refractivity contribution < 1.29 is 23.9 Å². The van der Waals surface area contributed by atoms with Crippen LogP contribution in [0.4, 0.5) is 0 Å². The van der Waals surface area contributed by atoms with E-state index in [4.69, 9.17) is 9.52 Å². The Bertz CT molecular complexity index is 605. The zero-order chi connectivity index (χ0) is 17.1. The van der Waals surface area contributed by atoms with E-state index in [1.807, 2.05) is 6.07 Å². The molecule has 1 aliphatic carbocycles. The van der Waals surface area contributed by atoms with Crippen molar-refractivity contribution in [2.75, 3.05) is 6.54 Å². The molecule has 2 N–H and O–H groups in total. The van der Waals surface area contributed by atoms with Crippen molar-refractivity contribution in [2.24, 2.45) is 11.8 Å². The van der Waals surface area contributed by atoms with Crippen LogP contribution in [0.1, 0.15) is 37.9 Å². The second-order valence-corrected chi connectivity index (χ2v) is 6.65. The molecule has 1 aromatic rings. The van der Waals surface area contributed by atoms with Crippen LogP contribution in [0.5, 0.6) is 0 Å². The molecular formula is C17H22N2O5. The number of carbonyl (C=O) groups is 3. The summed E-state index contributed by atoms with van der Waals surface area (Å²) >= 11 is 0. The number of amides is 2. The Kier molecular flexibility index (Phi) is 4.87. The molecule has 1 saturated heterocycles. The van der Waals surface area contributed by atoms with Crippen molar-refractivity contribution in [1.82, 2.24) is 10.2 Å². The minimum atomic E-state index is -0.755. The minimum Gasteiger partial charge on any atom is -0.481 e. The molecule has 0 unspecified atom stereocenters. The number of nitrogens with one attached hydrogen (secondary N) is 1. The lowest BCUT2D eigenvalue weighted by molar-refractivity contribution is -0.143. The van der Waals surface area contributed by atoms with Gasteiger partial charge in [0, 0.05) is 19.0 Å². The van der Waals surface area contributed by atoms with E-state index in [-0.39, 0.29) is 36.1 Å². The molecule has 2 heterocycles. The van der Waals surface area contributed by atoms with Gasteiger partial charge in [-0.1, -0.05) is 0 Å². The Morgan fingerprint density at radius 3 is 2.62 bits per heavy atom. The summed E-state index contributed by atoms with van der Waals surface area (Å²) in [5.41, 5.74) is 0. The first-order chi connectivity index (χ1) is 11.5. The van der Waals surface area contributed by atoms with Gasteiger partial charge >= 0.3 is 5.97 Å². The van der Waals surface area contributed by atoms with Crippen LogP contribution in [0, 0.1) is 11.8 Å². The number of aliphatic carboxylic acids is 1. The van der Waals surface area contributed by atoms with Gasteiger partial charge in [0.15, 0.2) is 0 Å². The van der Waals surface area contributed by atoms with Crippen molar-refractivity contribution in [2.45, 2.75) is 44.7 Å². The lowest BCUT2D eigenvalue weighted by Crippen LogP contribution is -2.42. The second kappa shape index (κ2) is 7.07. The lowest BCUT2D eigenvalue weighted by atomic mass is 9.86. The number of likely N-dealkylation sites (tertiary alicyclic amines) is 1. The molecule has 1 saturated carbocycles. The number of furan rings is 1. The molecule has 2 aliphatic rings. The molecule has 7 nitrogen and oxygen atoms in total. The molecule has 7 heteroatoms. The summed E-state index contributed by atoms with van der Waals surface area (Å²) in [6, 6.07) is 3.59. The van der Waals surface area contributed by atoms with E-state index >= 15 is 0 Å². The monoisotopic (exact) mass is 334 g/mol. The number of hydrogen-bond acceptors (Lipinski definition) is 4. The fraction of sp³-hybridized carbons (Fsp3) is 0.588. The second-order valence-electron chi connectivity index (χ2n) is 6.65. The molecule has 1 atom stereocenters. The fourth-order valence-electron chi connectivity index (χ4n) is 3.50. The van der Waals surface area contributed by atoms with Crippen LogP contribution in [0.3, 0.4) is 0 Å². The maximum atomic E-state index is 12.4. The molecule has 130 valence electrons. The molecule has 2 fully saturated rings. The molecule has 1 aliphatic heterocycles. The Morgan fingerprint density at radius 1 is 1.25 bits per heavy atom. The smallest absolute Gasteiger partial charge is 0.306 e. The third kappa shape index (κ3) is 3.77. The summed E-state index contributed by atoms with van der Waals surface area (Å²) in [7, 11) is 0. The highest BCUT2D eigenvalue weighted by Crippen LogP contribution is 2.26. The topological polar surface area (TPSA) is 99.8 Å². The van der Waals surface area contributed by atoms with Crippen LogP contribution in [0.2, 0.25) is 0 Å². The first-order valence-electron chi connectivity index (χ1n) is 8.36. The van der Waals surface area contributed by atoms with Gasteiger partial charge in [0.1, 0.15) is 5.76 Å². The Hall–Kier alpha value is -2.31. The number of carbonyl (C=O) groups excluding carboxylic acids is 2. The maximum Gasteiger partial charge on any atom is 0.306 e. The molecule has 0 bridgehead atoms. The number of nitrogens with zero attached hydrogens (tertiary/aromatic N) is 1. The zero-order valence-corrected chi connectivity index (χ0v) is 13.4. The fourth-order valence-corrected chi connectivity index (χ4v) is 3.50. The zero-order valence-electron chi connectivity index (χ0n) is 13.4. The highest BCUT2D eigenvalue weighted by molar-refractivity contribution is 5.89. The van der Waals surface area contributed by atoms with E-state index < -0.39 is 5.97 Å². The van der Waals surface area contributed by atoms with E-state index in [9.17, 15) is 14.4 Å². The molecule has 0 spiro atoms. The van der Waals surface area contributed by atoms with E-state index in [1.165, 1.54) is 0 Å². The van der Waals surface area contributed by atoms with Gasteiger partial charge < -0.3 is 19.7 Å². The van der Waals surface area contributed by atoms with Crippen LogP contribution in [-0.4, -0.2) is 40.4 Å². The summed E-state index contributed by atoms with van der Waals surface area (Å²) in [6.45, 7) is 0.787. The maximum absolute atomic E-state index is 12.4. The average Bonchev–Trinajstić information content (AvgIpc) is 3.19. The molecule has 1 aromatic heterocycles. The standard InChI is InChI=1S/C17H22N2O5/c20-15-8-12(9-19(15)10-14-2-1-7-24-14)16(21)18-13-5-3-11(4-6-13)17(22)23/h1-2,7,11-13H,3-6,8-10H2,(H,18,21)(H,22,23)/t11?,12-,13?/m1/s1. The normalized spacial score (nSPS) is 27.2. The third-order valence-corrected chi connectivity index (χ3v) is 4.93. The van der Waals surface area contributed by atoms with Crippen LogP contribution in [-0.2, 0) is 20.9 Å². The predicted molar refractivity (Wildman–Crippen MR) is 83.8 cm³/mol. The Labute approximate surface area is 140 Å². The van der Waals surface area contributed by atoms with Gasteiger partial charge in [-0.2, -0.15) is 0 Å². The molecule has 24 heavy (non-hydrogen) atoms. The van der Waals surface area contributed by atoms with Crippen LogP contribution in [0.15, 0.2) is 22.8 Å². The van der Waals surface area contributed by atoms with Gasteiger partial charge in [0.25, 0.3) is 0 Å². The Morgan fingerprint density at radius 2 is 2.00 bits per heavy atom. The van der Waals surface area contributed by atoms with Gasteiger partial charge in [-0.3, -0.25) is 14.4 Å².